The first kappa shape index (κ1) is 33.5. The molecule has 45 heavy (non-hydrogen) atoms. The first-order valence-corrected chi connectivity index (χ1v) is 14.8. The lowest BCUT2D eigenvalue weighted by Gasteiger charge is -2.27. The van der Waals surface area contributed by atoms with E-state index in [1.807, 2.05) is 36.4 Å². The Morgan fingerprint density at radius 2 is 1.24 bits per heavy atom. The van der Waals surface area contributed by atoms with Gasteiger partial charge in [-0.15, -0.1) is 0 Å². The SMILES string of the molecule is O=C(O)CC(O)(CC(=O)O)C(=O)O.c1cc2c(cc1OCC(CCCN1CCCCC1)COc1ccc3c(c1)OCO3)OCO2. The molecule has 246 valence electrons. The summed E-state index contributed by atoms with van der Waals surface area (Å²) in [5.74, 6) is -0.161. The third kappa shape index (κ3) is 10.3. The molecule has 0 aromatic heterocycles. The van der Waals surface area contributed by atoms with Gasteiger partial charge in [0.25, 0.3) is 0 Å². The van der Waals surface area contributed by atoms with Crippen LogP contribution in [-0.4, -0.2) is 95.3 Å². The molecule has 0 amide bonds. The molecule has 0 spiro atoms. The second kappa shape index (κ2) is 16.0. The Morgan fingerprint density at radius 1 is 0.756 bits per heavy atom. The van der Waals surface area contributed by atoms with Crippen LogP contribution in [0.3, 0.4) is 0 Å². The minimum Gasteiger partial charge on any atom is -0.493 e. The molecule has 5 rings (SSSR count). The number of aliphatic hydroxyl groups is 1. The van der Waals surface area contributed by atoms with Crippen molar-refractivity contribution in [3.05, 3.63) is 36.4 Å². The zero-order valence-electron chi connectivity index (χ0n) is 24.9. The predicted molar refractivity (Wildman–Crippen MR) is 156 cm³/mol. The molecule has 0 atom stereocenters. The van der Waals surface area contributed by atoms with Gasteiger partial charge in [0, 0.05) is 18.1 Å². The molecule has 0 radical (unpaired) electrons. The minimum atomic E-state index is -2.74. The molecule has 2 aromatic carbocycles. The van der Waals surface area contributed by atoms with E-state index in [-0.39, 0.29) is 19.5 Å². The second-order valence-corrected chi connectivity index (χ2v) is 11.0. The molecule has 3 heterocycles. The van der Waals surface area contributed by atoms with Crippen LogP contribution < -0.4 is 28.4 Å². The quantitative estimate of drug-likeness (QED) is 0.223. The van der Waals surface area contributed by atoms with Crippen LogP contribution in [0.15, 0.2) is 36.4 Å². The number of fused-ring (bicyclic) bond motifs is 2. The topological polar surface area (TPSA) is 191 Å². The second-order valence-electron chi connectivity index (χ2n) is 11.0. The Kier molecular flexibility index (Phi) is 11.9. The Bertz CT molecular complexity index is 1230. The number of ether oxygens (including phenoxy) is 6. The van der Waals surface area contributed by atoms with Crippen molar-refractivity contribution in [2.75, 3.05) is 46.4 Å². The van der Waals surface area contributed by atoms with Crippen LogP contribution >= 0.6 is 0 Å². The van der Waals surface area contributed by atoms with Gasteiger partial charge >= 0.3 is 17.9 Å². The molecule has 3 aliphatic rings. The average Bonchev–Trinajstić information content (AvgIpc) is 3.67. The van der Waals surface area contributed by atoms with E-state index in [1.165, 1.54) is 32.4 Å². The number of nitrogens with zero attached hydrogens (tertiary/aromatic N) is 1. The molecular formula is C31H39NO13. The normalized spacial score (nSPS) is 15.2. The Hall–Kier alpha value is -4.43. The molecule has 0 aliphatic carbocycles. The summed E-state index contributed by atoms with van der Waals surface area (Å²) in [6.45, 7) is 5.31. The fourth-order valence-corrected chi connectivity index (χ4v) is 5.08. The van der Waals surface area contributed by atoms with Gasteiger partial charge in [0.15, 0.2) is 28.6 Å². The third-order valence-electron chi connectivity index (χ3n) is 7.48. The van der Waals surface area contributed by atoms with Crippen LogP contribution in [0.1, 0.15) is 44.9 Å². The molecule has 4 N–H and O–H groups in total. The van der Waals surface area contributed by atoms with Crippen molar-refractivity contribution in [3.63, 3.8) is 0 Å². The monoisotopic (exact) mass is 633 g/mol. The van der Waals surface area contributed by atoms with Crippen LogP contribution in [0.2, 0.25) is 0 Å². The number of piperidine rings is 1. The lowest BCUT2D eigenvalue weighted by Crippen LogP contribution is -2.42. The van der Waals surface area contributed by atoms with Gasteiger partial charge in [-0.25, -0.2) is 4.79 Å². The number of likely N-dealkylation sites (tertiary alicyclic amines) is 1. The number of rotatable bonds is 15. The molecule has 1 saturated heterocycles. The zero-order chi connectivity index (χ0) is 32.2. The highest BCUT2D eigenvalue weighted by molar-refractivity contribution is 5.88. The van der Waals surface area contributed by atoms with Gasteiger partial charge in [0.05, 0.1) is 26.1 Å². The number of carboxylic acid groups (broad SMARTS) is 3. The summed E-state index contributed by atoms with van der Waals surface area (Å²) in [5, 5.41) is 33.8. The number of benzene rings is 2. The maximum atomic E-state index is 10.3. The van der Waals surface area contributed by atoms with Crippen LogP contribution in [0.25, 0.3) is 0 Å². The largest absolute Gasteiger partial charge is 0.493 e. The molecule has 2 aromatic rings. The molecule has 14 heteroatoms. The van der Waals surface area contributed by atoms with Gasteiger partial charge in [-0.2, -0.15) is 0 Å². The van der Waals surface area contributed by atoms with E-state index in [9.17, 15) is 14.4 Å². The summed E-state index contributed by atoms with van der Waals surface area (Å²) in [7, 11) is 0. The summed E-state index contributed by atoms with van der Waals surface area (Å²) in [4.78, 5) is 33.1. The van der Waals surface area contributed by atoms with Gasteiger partial charge in [-0.3, -0.25) is 9.59 Å². The highest BCUT2D eigenvalue weighted by Crippen LogP contribution is 2.36. The fourth-order valence-electron chi connectivity index (χ4n) is 5.08. The summed E-state index contributed by atoms with van der Waals surface area (Å²) in [6.07, 6.45) is 3.91. The van der Waals surface area contributed by atoms with Crippen molar-refractivity contribution < 1.29 is 63.2 Å². The van der Waals surface area contributed by atoms with E-state index >= 15 is 0 Å². The molecule has 0 saturated carbocycles. The van der Waals surface area contributed by atoms with Crippen LogP contribution in [0, 0.1) is 5.92 Å². The Morgan fingerprint density at radius 3 is 1.71 bits per heavy atom. The summed E-state index contributed by atoms with van der Waals surface area (Å²) in [5.41, 5.74) is -2.74. The van der Waals surface area contributed by atoms with E-state index in [4.69, 9.17) is 48.8 Å². The lowest BCUT2D eigenvalue weighted by molar-refractivity contribution is -0.170. The number of aliphatic carboxylic acids is 3. The van der Waals surface area contributed by atoms with E-state index < -0.39 is 36.4 Å². The van der Waals surface area contributed by atoms with Crippen LogP contribution in [0.4, 0.5) is 0 Å². The van der Waals surface area contributed by atoms with Crippen LogP contribution in [0.5, 0.6) is 34.5 Å². The van der Waals surface area contributed by atoms with Gasteiger partial charge in [-0.1, -0.05) is 6.42 Å². The first-order valence-electron chi connectivity index (χ1n) is 14.8. The first-order chi connectivity index (χ1) is 21.6. The van der Waals surface area contributed by atoms with Gasteiger partial charge < -0.3 is 53.7 Å². The zero-order valence-corrected chi connectivity index (χ0v) is 24.9. The number of hydrogen-bond acceptors (Lipinski definition) is 11. The molecule has 1 fully saturated rings. The Balaban J connectivity index is 0.000000302. The molecular weight excluding hydrogens is 594 g/mol. The minimum absolute atomic E-state index is 0.265. The summed E-state index contributed by atoms with van der Waals surface area (Å²) in [6, 6.07) is 11.4. The third-order valence-corrected chi connectivity index (χ3v) is 7.48. The van der Waals surface area contributed by atoms with Crippen molar-refractivity contribution in [2.45, 2.75) is 50.5 Å². The van der Waals surface area contributed by atoms with E-state index in [2.05, 4.69) is 4.90 Å². The Labute approximate surface area is 260 Å². The van der Waals surface area contributed by atoms with E-state index in [1.54, 1.807) is 0 Å². The fraction of sp³-hybridized carbons (Fsp3) is 0.516. The number of carbonyl (C=O) groups is 3. The van der Waals surface area contributed by atoms with Crippen molar-refractivity contribution >= 4 is 17.9 Å². The van der Waals surface area contributed by atoms with Crippen molar-refractivity contribution in [2.24, 2.45) is 5.92 Å². The summed E-state index contributed by atoms with van der Waals surface area (Å²) >= 11 is 0. The standard InChI is InChI=1S/C25H31NO6.C6H8O7/c1-2-10-26(11-3-1)12-4-5-19(15-27-20-6-8-22-24(13-20)31-17-29-22)16-28-21-7-9-23-25(14-21)32-18-30-23;7-3(8)1-6(13,5(11)12)2-4(9)10/h6-9,13-14,19H,1-5,10-12,15-18H2;13H,1-2H2,(H,7,8)(H,9,10)(H,11,12). The predicted octanol–water partition coefficient (Wildman–Crippen LogP) is 3.24. The van der Waals surface area contributed by atoms with Crippen molar-refractivity contribution in [1.82, 2.24) is 4.90 Å². The number of carboxylic acids is 3. The van der Waals surface area contributed by atoms with Gasteiger partial charge in [0.1, 0.15) is 11.5 Å². The van der Waals surface area contributed by atoms with Crippen molar-refractivity contribution in [1.29, 1.82) is 0 Å². The molecule has 0 bridgehead atoms. The average molecular weight is 634 g/mol. The smallest absolute Gasteiger partial charge is 0.336 e. The van der Waals surface area contributed by atoms with Gasteiger partial charge in [-0.05, 0) is 69.6 Å². The lowest BCUT2D eigenvalue weighted by atomic mass is 9.96. The molecule has 0 unspecified atom stereocenters. The maximum absolute atomic E-state index is 10.3. The molecule has 3 aliphatic heterocycles. The van der Waals surface area contributed by atoms with Crippen molar-refractivity contribution in [3.8, 4) is 34.5 Å². The maximum Gasteiger partial charge on any atom is 0.336 e. The van der Waals surface area contributed by atoms with Gasteiger partial charge in [0.2, 0.25) is 13.6 Å². The van der Waals surface area contributed by atoms with Crippen LogP contribution in [-0.2, 0) is 14.4 Å². The van der Waals surface area contributed by atoms with E-state index in [0.717, 1.165) is 53.9 Å². The number of hydrogen-bond donors (Lipinski definition) is 4. The summed E-state index contributed by atoms with van der Waals surface area (Å²) < 4.78 is 34.0. The molecule has 14 nitrogen and oxygen atoms in total. The van der Waals surface area contributed by atoms with E-state index in [0.29, 0.717) is 13.2 Å². The highest BCUT2D eigenvalue weighted by Gasteiger charge is 2.40. The highest BCUT2D eigenvalue weighted by atomic mass is 16.7.